The highest BCUT2D eigenvalue weighted by atomic mass is 19.1. The smallest absolute Gasteiger partial charge is 0.153 e. The topological polar surface area (TPSA) is 97.7 Å². The van der Waals surface area contributed by atoms with Crippen LogP contribution in [-0.2, 0) is 6.54 Å². The highest BCUT2D eigenvalue weighted by molar-refractivity contribution is 6.15. The van der Waals surface area contributed by atoms with E-state index >= 15 is 0 Å². The van der Waals surface area contributed by atoms with Crippen molar-refractivity contribution in [2.75, 3.05) is 12.3 Å². The van der Waals surface area contributed by atoms with Gasteiger partial charge in [-0.1, -0.05) is 30.3 Å². The molecule has 176 valence electrons. The molecular formula is C28H21FN6O. The number of hydrogen-bond acceptors (Lipinski definition) is 4. The van der Waals surface area contributed by atoms with Crippen molar-refractivity contribution < 1.29 is 9.50 Å². The van der Waals surface area contributed by atoms with E-state index in [1.54, 1.807) is 10.7 Å². The van der Waals surface area contributed by atoms with E-state index in [0.717, 1.165) is 44.0 Å². The van der Waals surface area contributed by atoms with Crippen LogP contribution in [0.5, 0.6) is 0 Å². The summed E-state index contributed by atoms with van der Waals surface area (Å²) in [4.78, 5) is 8.06. The highest BCUT2D eigenvalue weighted by Gasteiger charge is 2.19. The lowest BCUT2D eigenvalue weighted by atomic mass is 10.1. The van der Waals surface area contributed by atoms with E-state index in [0.29, 0.717) is 29.2 Å². The number of nitrogen functional groups attached to an aromatic ring is 1. The van der Waals surface area contributed by atoms with E-state index in [1.807, 2.05) is 36.4 Å². The van der Waals surface area contributed by atoms with Crippen LogP contribution in [0.2, 0.25) is 0 Å². The second-order valence-electron chi connectivity index (χ2n) is 8.83. The van der Waals surface area contributed by atoms with Crippen LogP contribution in [0.4, 0.5) is 10.2 Å². The summed E-state index contributed by atoms with van der Waals surface area (Å²) in [6, 6.07) is 25.0. The van der Waals surface area contributed by atoms with Gasteiger partial charge in [0.1, 0.15) is 11.6 Å². The second kappa shape index (κ2) is 7.66. The number of aliphatic hydroxyl groups excluding tert-OH is 1. The van der Waals surface area contributed by atoms with Crippen LogP contribution in [0, 0.1) is 5.82 Å². The number of aliphatic hydroxyl groups is 1. The van der Waals surface area contributed by atoms with E-state index in [-0.39, 0.29) is 12.4 Å². The molecule has 0 radical (unpaired) electrons. The Bertz CT molecular complexity index is 1950. The van der Waals surface area contributed by atoms with E-state index in [1.165, 1.54) is 12.1 Å². The van der Waals surface area contributed by atoms with Gasteiger partial charge in [0.2, 0.25) is 0 Å². The number of hydrogen-bond donors (Lipinski definition) is 3. The summed E-state index contributed by atoms with van der Waals surface area (Å²) in [5.74, 6) is 0.827. The van der Waals surface area contributed by atoms with Crippen LogP contribution < -0.4 is 5.73 Å². The molecule has 0 saturated heterocycles. The van der Waals surface area contributed by atoms with Crippen LogP contribution in [0.3, 0.4) is 0 Å². The van der Waals surface area contributed by atoms with Gasteiger partial charge in [-0.25, -0.2) is 9.37 Å². The Labute approximate surface area is 204 Å². The zero-order valence-electron chi connectivity index (χ0n) is 19.1. The van der Waals surface area contributed by atoms with Crippen LogP contribution in [-0.4, -0.2) is 36.0 Å². The van der Waals surface area contributed by atoms with Crippen molar-refractivity contribution in [3.63, 3.8) is 0 Å². The lowest BCUT2D eigenvalue weighted by Gasteiger charge is -2.09. The third kappa shape index (κ3) is 2.95. The maximum Gasteiger partial charge on any atom is 0.153 e. The van der Waals surface area contributed by atoms with Gasteiger partial charge in [0.05, 0.1) is 40.7 Å². The number of nitrogens with one attached hydrogen (secondary N) is 1. The minimum atomic E-state index is -0.302. The molecule has 7 aromatic rings. The van der Waals surface area contributed by atoms with Crippen molar-refractivity contribution in [1.29, 1.82) is 0 Å². The first kappa shape index (κ1) is 20.7. The monoisotopic (exact) mass is 476 g/mol. The average molecular weight is 477 g/mol. The normalized spacial score (nSPS) is 11.9. The Kier molecular flexibility index (Phi) is 4.40. The van der Waals surface area contributed by atoms with Crippen LogP contribution in [0.1, 0.15) is 0 Å². The van der Waals surface area contributed by atoms with Crippen molar-refractivity contribution in [2.24, 2.45) is 0 Å². The van der Waals surface area contributed by atoms with Crippen molar-refractivity contribution >= 4 is 49.6 Å². The molecule has 7 nitrogen and oxygen atoms in total. The van der Waals surface area contributed by atoms with Gasteiger partial charge in [-0.2, -0.15) is 5.10 Å². The molecule has 0 aliphatic rings. The molecule has 0 bridgehead atoms. The summed E-state index contributed by atoms with van der Waals surface area (Å²) in [6.45, 7) is 0.335. The SMILES string of the molecule is Nc1nn(CCO)c2cc(-n3c4ccccc4c4c(-c5nc6ccc(F)cc6[nH]5)cccc43)ccc12. The number of rotatable bonds is 4. The van der Waals surface area contributed by atoms with Gasteiger partial charge in [0.15, 0.2) is 5.82 Å². The van der Waals surface area contributed by atoms with Gasteiger partial charge in [0.25, 0.3) is 0 Å². The summed E-state index contributed by atoms with van der Waals surface area (Å²) in [6.07, 6.45) is 0. The molecule has 36 heavy (non-hydrogen) atoms. The minimum Gasteiger partial charge on any atom is -0.394 e. The van der Waals surface area contributed by atoms with Gasteiger partial charge in [-0.05, 0) is 48.5 Å². The lowest BCUT2D eigenvalue weighted by Crippen LogP contribution is -2.04. The number of para-hydroxylation sites is 1. The molecule has 4 aromatic carbocycles. The fourth-order valence-electron chi connectivity index (χ4n) is 5.20. The molecule has 8 heteroatoms. The Morgan fingerprint density at radius 2 is 1.75 bits per heavy atom. The standard InChI is InChI=1S/C28H21FN6O/c29-16-8-11-21-22(14-16)32-28(31-21)20-5-3-7-24-26(20)18-4-1-2-6-23(18)35(24)17-9-10-19-25(15-17)34(12-13-36)33-27(19)30/h1-11,14-15,36H,12-13H2,(H2,30,33)(H,31,32). The Morgan fingerprint density at radius 3 is 2.64 bits per heavy atom. The molecule has 0 aliphatic carbocycles. The molecule has 0 aliphatic heterocycles. The quantitative estimate of drug-likeness (QED) is 0.317. The van der Waals surface area contributed by atoms with Crippen molar-refractivity contribution in [3.8, 4) is 17.1 Å². The molecule has 3 heterocycles. The van der Waals surface area contributed by atoms with E-state index < -0.39 is 0 Å². The number of fused-ring (bicyclic) bond motifs is 5. The largest absolute Gasteiger partial charge is 0.394 e. The number of anilines is 1. The average Bonchev–Trinajstić information content (AvgIpc) is 3.55. The van der Waals surface area contributed by atoms with Gasteiger partial charge >= 0.3 is 0 Å². The summed E-state index contributed by atoms with van der Waals surface area (Å²) in [5.41, 5.74) is 12.3. The summed E-state index contributed by atoms with van der Waals surface area (Å²) < 4.78 is 17.8. The number of aromatic amines is 1. The first-order valence-corrected chi connectivity index (χ1v) is 11.7. The molecule has 0 saturated carbocycles. The van der Waals surface area contributed by atoms with Gasteiger partial charge in [-0.3, -0.25) is 4.68 Å². The number of nitrogens with zero attached hydrogens (tertiary/aromatic N) is 4. The first-order valence-electron chi connectivity index (χ1n) is 11.7. The predicted octanol–water partition coefficient (Wildman–Crippen LogP) is 5.39. The molecule has 0 fully saturated rings. The number of nitrogens with two attached hydrogens (primary N) is 1. The minimum absolute atomic E-state index is 0.0272. The fraction of sp³-hybridized carbons (Fsp3) is 0.0714. The molecule has 0 atom stereocenters. The first-order chi connectivity index (χ1) is 17.6. The number of benzene rings is 4. The summed E-state index contributed by atoms with van der Waals surface area (Å²) in [7, 11) is 0. The van der Waals surface area contributed by atoms with Crippen molar-refractivity contribution in [2.45, 2.75) is 6.54 Å². The van der Waals surface area contributed by atoms with E-state index in [9.17, 15) is 9.50 Å². The maximum atomic E-state index is 13.8. The van der Waals surface area contributed by atoms with Crippen molar-refractivity contribution in [1.82, 2.24) is 24.3 Å². The number of H-pyrrole nitrogens is 1. The number of aromatic nitrogens is 5. The zero-order chi connectivity index (χ0) is 24.4. The fourth-order valence-corrected chi connectivity index (χ4v) is 5.20. The third-order valence-corrected chi connectivity index (χ3v) is 6.73. The van der Waals surface area contributed by atoms with Gasteiger partial charge in [-0.15, -0.1) is 0 Å². The zero-order valence-corrected chi connectivity index (χ0v) is 19.1. The predicted molar refractivity (Wildman–Crippen MR) is 141 cm³/mol. The van der Waals surface area contributed by atoms with E-state index in [4.69, 9.17) is 10.7 Å². The Hall–Kier alpha value is -4.69. The van der Waals surface area contributed by atoms with Crippen LogP contribution in [0.15, 0.2) is 78.9 Å². The second-order valence-corrected chi connectivity index (χ2v) is 8.83. The molecule has 0 amide bonds. The third-order valence-electron chi connectivity index (χ3n) is 6.73. The molecule has 3 aromatic heterocycles. The van der Waals surface area contributed by atoms with Crippen molar-refractivity contribution in [3.05, 3.63) is 84.7 Å². The highest BCUT2D eigenvalue weighted by Crippen LogP contribution is 2.38. The summed E-state index contributed by atoms with van der Waals surface area (Å²) >= 11 is 0. The molecule has 0 spiro atoms. The summed E-state index contributed by atoms with van der Waals surface area (Å²) in [5, 5.41) is 16.9. The van der Waals surface area contributed by atoms with E-state index in [2.05, 4.69) is 38.9 Å². The van der Waals surface area contributed by atoms with Gasteiger partial charge in [0, 0.05) is 27.4 Å². The molecule has 4 N–H and O–H groups in total. The molecule has 7 rings (SSSR count). The number of imidazole rings is 1. The van der Waals surface area contributed by atoms with Crippen LogP contribution in [0.25, 0.3) is 60.8 Å². The molecule has 0 unspecified atom stereocenters. The lowest BCUT2D eigenvalue weighted by molar-refractivity contribution is 0.272. The molecular weight excluding hydrogens is 455 g/mol. The maximum absolute atomic E-state index is 13.8. The Balaban J connectivity index is 1.53. The van der Waals surface area contributed by atoms with Gasteiger partial charge < -0.3 is 20.4 Å². The van der Waals surface area contributed by atoms with Crippen LogP contribution >= 0.6 is 0 Å². The number of halogens is 1. The Morgan fingerprint density at radius 1 is 0.889 bits per heavy atom.